The Morgan fingerprint density at radius 1 is 0.857 bits per heavy atom. The molecule has 0 spiro atoms. The molecular formula is C10H28OSi3. The van der Waals surface area contributed by atoms with E-state index in [4.69, 9.17) is 4.12 Å². The van der Waals surface area contributed by atoms with E-state index in [1.54, 1.807) is 0 Å². The van der Waals surface area contributed by atoms with Crippen LogP contribution in [-0.4, -0.2) is 24.7 Å². The smallest absolute Gasteiger partial charge is 0.173 e. The van der Waals surface area contributed by atoms with Gasteiger partial charge in [-0.25, -0.2) is 0 Å². The summed E-state index contributed by atoms with van der Waals surface area (Å²) < 4.78 is 6.46. The van der Waals surface area contributed by atoms with Crippen LogP contribution in [0.4, 0.5) is 0 Å². The van der Waals surface area contributed by atoms with Crippen molar-refractivity contribution in [3.63, 3.8) is 0 Å². The Morgan fingerprint density at radius 2 is 1.29 bits per heavy atom. The largest absolute Gasteiger partial charge is 0.456 e. The second-order valence-corrected chi connectivity index (χ2v) is 21.9. The average Bonchev–Trinajstić information content (AvgIpc) is 1.78. The van der Waals surface area contributed by atoms with Gasteiger partial charge in [0.15, 0.2) is 16.6 Å². The molecule has 0 bridgehead atoms. The van der Waals surface area contributed by atoms with Gasteiger partial charge >= 0.3 is 0 Å². The fourth-order valence-electron chi connectivity index (χ4n) is 2.09. The number of rotatable bonds is 5. The van der Waals surface area contributed by atoms with Gasteiger partial charge in [0, 0.05) is 8.07 Å². The Bertz CT molecular complexity index is 163. The van der Waals surface area contributed by atoms with Gasteiger partial charge in [-0.05, 0) is 37.9 Å². The first kappa shape index (κ1) is 14.6. The van der Waals surface area contributed by atoms with Crippen LogP contribution in [-0.2, 0) is 4.12 Å². The highest BCUT2D eigenvalue weighted by Crippen LogP contribution is 2.27. The van der Waals surface area contributed by atoms with Crippen molar-refractivity contribution in [3.8, 4) is 0 Å². The van der Waals surface area contributed by atoms with Crippen molar-refractivity contribution in [3.05, 3.63) is 0 Å². The maximum Gasteiger partial charge on any atom is 0.173 e. The van der Waals surface area contributed by atoms with Crippen LogP contribution in [0.2, 0.25) is 57.5 Å². The molecule has 14 heavy (non-hydrogen) atoms. The van der Waals surface area contributed by atoms with Gasteiger partial charge in [0.1, 0.15) is 0 Å². The third-order valence-electron chi connectivity index (χ3n) is 2.20. The Balaban J connectivity index is 4.49. The molecule has 0 aliphatic rings. The Kier molecular flexibility index (Phi) is 4.84. The lowest BCUT2D eigenvalue weighted by Crippen LogP contribution is -2.48. The Hall–Kier alpha value is 0.611. The summed E-state index contributed by atoms with van der Waals surface area (Å²) in [6.07, 6.45) is 0. The van der Waals surface area contributed by atoms with Crippen LogP contribution in [0.15, 0.2) is 0 Å². The molecule has 0 aliphatic carbocycles. The maximum atomic E-state index is 6.46. The van der Waals surface area contributed by atoms with Crippen LogP contribution < -0.4 is 0 Å². The molecule has 0 saturated carbocycles. The first-order chi connectivity index (χ1) is 5.97. The monoisotopic (exact) mass is 248 g/mol. The quantitative estimate of drug-likeness (QED) is 0.659. The Labute approximate surface area is 93.5 Å². The summed E-state index contributed by atoms with van der Waals surface area (Å²) in [4.78, 5) is 0. The summed E-state index contributed by atoms with van der Waals surface area (Å²) in [7, 11) is -3.65. The van der Waals surface area contributed by atoms with Crippen LogP contribution in [0.5, 0.6) is 0 Å². The summed E-state index contributed by atoms with van der Waals surface area (Å²) >= 11 is 0. The van der Waals surface area contributed by atoms with Crippen LogP contribution >= 0.6 is 0 Å². The van der Waals surface area contributed by atoms with Crippen molar-refractivity contribution in [2.45, 2.75) is 64.5 Å². The van der Waals surface area contributed by atoms with E-state index in [9.17, 15) is 0 Å². The van der Waals surface area contributed by atoms with Crippen LogP contribution in [0.3, 0.4) is 0 Å². The highest BCUT2D eigenvalue weighted by Gasteiger charge is 2.36. The minimum atomic E-state index is -1.37. The van der Waals surface area contributed by atoms with Crippen molar-refractivity contribution in [1.82, 2.24) is 0 Å². The van der Waals surface area contributed by atoms with E-state index in [1.807, 2.05) is 0 Å². The molecule has 1 unspecified atom stereocenters. The molecule has 0 rings (SSSR count). The average molecular weight is 249 g/mol. The molecule has 0 N–H and O–H groups in total. The molecule has 4 heteroatoms. The molecule has 1 atom stereocenters. The lowest BCUT2D eigenvalue weighted by atomic mass is 11.0. The van der Waals surface area contributed by atoms with E-state index >= 15 is 0 Å². The molecular weight excluding hydrogens is 220 g/mol. The third-order valence-corrected chi connectivity index (χ3v) is 15.4. The standard InChI is InChI=1S/C10H28OSi3/c1-9-14(8,10-12(2,3)4)11-13(5,6)7/h9-10H2,1-8H3. The molecule has 0 aromatic heterocycles. The fraction of sp³-hybridized carbons (Fsp3) is 1.00. The second kappa shape index (κ2) is 4.63. The van der Waals surface area contributed by atoms with Gasteiger partial charge in [-0.2, -0.15) is 0 Å². The van der Waals surface area contributed by atoms with Crippen molar-refractivity contribution in [2.75, 3.05) is 0 Å². The van der Waals surface area contributed by atoms with Gasteiger partial charge in [-0.3, -0.25) is 0 Å². The van der Waals surface area contributed by atoms with Gasteiger partial charge < -0.3 is 4.12 Å². The van der Waals surface area contributed by atoms with E-state index in [1.165, 1.54) is 11.7 Å². The topological polar surface area (TPSA) is 9.23 Å². The molecule has 0 heterocycles. The molecule has 86 valence electrons. The number of hydrogen-bond donors (Lipinski definition) is 0. The van der Waals surface area contributed by atoms with E-state index < -0.39 is 24.7 Å². The summed E-state index contributed by atoms with van der Waals surface area (Å²) in [5.74, 6) is 0. The van der Waals surface area contributed by atoms with E-state index in [2.05, 4.69) is 52.8 Å². The van der Waals surface area contributed by atoms with Gasteiger partial charge in [0.25, 0.3) is 0 Å². The summed E-state index contributed by atoms with van der Waals surface area (Å²) in [6, 6.07) is 1.28. The molecule has 0 aromatic rings. The zero-order chi connectivity index (χ0) is 11.6. The molecule has 0 aliphatic heterocycles. The Morgan fingerprint density at radius 3 is 1.50 bits per heavy atom. The molecule has 0 fully saturated rings. The van der Waals surface area contributed by atoms with Gasteiger partial charge in [-0.15, -0.1) is 0 Å². The van der Waals surface area contributed by atoms with Crippen LogP contribution in [0.25, 0.3) is 0 Å². The summed E-state index contributed by atoms with van der Waals surface area (Å²) in [6.45, 7) is 19.1. The van der Waals surface area contributed by atoms with Crippen molar-refractivity contribution >= 4 is 24.7 Å². The van der Waals surface area contributed by atoms with Crippen LogP contribution in [0.1, 0.15) is 6.92 Å². The predicted molar refractivity (Wildman–Crippen MR) is 74.7 cm³/mol. The van der Waals surface area contributed by atoms with Crippen molar-refractivity contribution in [1.29, 1.82) is 0 Å². The normalized spacial score (nSPS) is 18.0. The van der Waals surface area contributed by atoms with Crippen molar-refractivity contribution in [2.24, 2.45) is 0 Å². The molecule has 0 amide bonds. The minimum absolute atomic E-state index is 0.954. The SMILES string of the molecule is CC[Si](C)(C[Si](C)(C)C)O[Si](C)(C)C. The molecule has 0 aromatic carbocycles. The fourth-order valence-corrected chi connectivity index (χ4v) is 19.5. The third kappa shape index (κ3) is 6.98. The second-order valence-electron chi connectivity index (χ2n) is 6.76. The molecule has 0 radical (unpaired) electrons. The van der Waals surface area contributed by atoms with Crippen LogP contribution in [0, 0.1) is 0 Å². The molecule has 1 nitrogen and oxygen atoms in total. The predicted octanol–water partition coefficient (Wildman–Crippen LogP) is 4.31. The van der Waals surface area contributed by atoms with Gasteiger partial charge in [-0.1, -0.05) is 26.6 Å². The zero-order valence-electron chi connectivity index (χ0n) is 11.3. The lowest BCUT2D eigenvalue weighted by Gasteiger charge is -2.37. The number of hydrogen-bond acceptors (Lipinski definition) is 1. The molecule has 0 saturated heterocycles. The van der Waals surface area contributed by atoms with E-state index in [-0.39, 0.29) is 0 Å². The summed E-state index contributed by atoms with van der Waals surface area (Å²) in [5.41, 5.74) is 1.42. The van der Waals surface area contributed by atoms with Crippen molar-refractivity contribution < 1.29 is 4.12 Å². The lowest BCUT2D eigenvalue weighted by molar-refractivity contribution is 0.546. The van der Waals surface area contributed by atoms with Gasteiger partial charge in [0.05, 0.1) is 0 Å². The van der Waals surface area contributed by atoms with E-state index in [0.29, 0.717) is 0 Å². The minimum Gasteiger partial charge on any atom is -0.456 e. The van der Waals surface area contributed by atoms with E-state index in [0.717, 1.165) is 0 Å². The maximum absolute atomic E-state index is 6.46. The summed E-state index contributed by atoms with van der Waals surface area (Å²) in [5, 5.41) is 0. The highest BCUT2D eigenvalue weighted by atomic mass is 28.4. The highest BCUT2D eigenvalue weighted by molar-refractivity contribution is 6.95. The first-order valence-electron chi connectivity index (χ1n) is 5.68. The zero-order valence-corrected chi connectivity index (χ0v) is 14.3. The first-order valence-corrected chi connectivity index (χ1v) is 15.6. The van der Waals surface area contributed by atoms with Gasteiger partial charge in [0.2, 0.25) is 0 Å².